The number of aromatic nitrogens is 5. The maximum absolute atomic E-state index is 15.6. The third-order valence-electron chi connectivity index (χ3n) is 12.1. The Morgan fingerprint density at radius 1 is 1.01 bits per heavy atom. The van der Waals surface area contributed by atoms with Crippen molar-refractivity contribution in [1.29, 1.82) is 0 Å². The minimum atomic E-state index is -5.18. The van der Waals surface area contributed by atoms with Crippen LogP contribution < -0.4 is 9.62 Å². The topological polar surface area (TPSA) is 149 Å². The second-order valence-electron chi connectivity index (χ2n) is 17.2. The first-order valence-electron chi connectivity index (χ1n) is 20.3. The minimum Gasteiger partial charge on any atom is -0.346 e. The Balaban J connectivity index is 1.47. The SMILES string of the molecule is CCN(c1nn(CC(F)(F)F)c2c(-c3ccc(C#CC(C)(C)S(C)(=O)=O)nc3[C@H](CC3C=C(F)C=C(F)C3C)NC(=O)Cn3nc(C(F)(F)F)c4c3C(F)(F)[C@@H]3C[C@H]43)ccc(Cl)c12)S(C)(=O)=O. The van der Waals surface area contributed by atoms with Crippen molar-refractivity contribution in [3.8, 4) is 23.0 Å². The fourth-order valence-corrected chi connectivity index (χ4v) is 9.83. The summed E-state index contributed by atoms with van der Waals surface area (Å²) < 4.78 is 198. The van der Waals surface area contributed by atoms with Crippen molar-refractivity contribution in [3.63, 3.8) is 0 Å². The number of carbonyl (C=O) groups excluding carboxylic acids is 1. The van der Waals surface area contributed by atoms with Gasteiger partial charge in [-0.15, -0.1) is 0 Å². The number of carbonyl (C=O) groups is 1. The van der Waals surface area contributed by atoms with Gasteiger partial charge in [0, 0.05) is 47.4 Å². The summed E-state index contributed by atoms with van der Waals surface area (Å²) >= 11 is 6.61. The van der Waals surface area contributed by atoms with Crippen LogP contribution in [-0.2, 0) is 49.8 Å². The molecule has 1 aromatic carbocycles. The molecule has 0 aliphatic heterocycles. The monoisotopic (exact) mass is 1010 g/mol. The van der Waals surface area contributed by atoms with Gasteiger partial charge in [0.05, 0.1) is 33.9 Å². The van der Waals surface area contributed by atoms with Crippen LogP contribution >= 0.6 is 11.6 Å². The molecule has 1 N–H and O–H groups in total. The van der Waals surface area contributed by atoms with Crippen molar-refractivity contribution in [3.05, 3.63) is 81.4 Å². The third-order valence-corrected chi connectivity index (χ3v) is 15.6. The normalized spacial score (nSPS) is 20.9. The molecule has 5 atom stereocenters. The fourth-order valence-electron chi connectivity index (χ4n) is 8.44. The van der Waals surface area contributed by atoms with Crippen LogP contribution in [0.3, 0.4) is 0 Å². The van der Waals surface area contributed by atoms with Gasteiger partial charge in [-0.1, -0.05) is 30.5 Å². The van der Waals surface area contributed by atoms with E-state index in [1.807, 2.05) is 0 Å². The zero-order valence-electron chi connectivity index (χ0n) is 36.1. The number of pyridine rings is 1. The lowest BCUT2D eigenvalue weighted by molar-refractivity contribution is -0.143. The lowest BCUT2D eigenvalue weighted by Gasteiger charge is -2.29. The number of benzene rings is 1. The molecule has 4 aromatic rings. The maximum atomic E-state index is 15.6. The molecule has 362 valence electrons. The van der Waals surface area contributed by atoms with Crippen LogP contribution in [0.1, 0.15) is 80.8 Å². The number of amides is 1. The number of hydrogen-bond acceptors (Lipinski definition) is 8. The molecular formula is C42H40ClF10N7O5S2. The van der Waals surface area contributed by atoms with Crippen LogP contribution in [0.2, 0.25) is 5.02 Å². The second-order valence-corrected chi connectivity index (χ2v) is 22.1. The number of anilines is 1. The van der Waals surface area contributed by atoms with Gasteiger partial charge in [-0.2, -0.15) is 45.3 Å². The van der Waals surface area contributed by atoms with Gasteiger partial charge in [-0.25, -0.2) is 30.6 Å². The highest BCUT2D eigenvalue weighted by Crippen LogP contribution is 2.68. The van der Waals surface area contributed by atoms with Crippen molar-refractivity contribution in [2.45, 2.75) is 88.6 Å². The van der Waals surface area contributed by atoms with E-state index in [0.29, 0.717) is 15.1 Å². The molecule has 1 fully saturated rings. The van der Waals surface area contributed by atoms with Crippen molar-refractivity contribution >= 4 is 54.1 Å². The predicted molar refractivity (Wildman–Crippen MR) is 226 cm³/mol. The summed E-state index contributed by atoms with van der Waals surface area (Å²) in [6, 6.07) is 3.27. The van der Waals surface area contributed by atoms with E-state index in [1.54, 1.807) is 0 Å². The molecule has 3 aromatic heterocycles. The highest BCUT2D eigenvalue weighted by Gasteiger charge is 2.68. The first-order valence-corrected chi connectivity index (χ1v) is 24.4. The average Bonchev–Trinajstić information content (AvgIpc) is 3.70. The van der Waals surface area contributed by atoms with Crippen LogP contribution in [0.4, 0.5) is 49.7 Å². The summed E-state index contributed by atoms with van der Waals surface area (Å²) in [5, 5.41) is 9.44. The molecule has 1 saturated carbocycles. The van der Waals surface area contributed by atoms with Gasteiger partial charge in [-0.3, -0.25) is 18.5 Å². The lowest BCUT2D eigenvalue weighted by Crippen LogP contribution is -2.36. The van der Waals surface area contributed by atoms with Crippen LogP contribution in [0.15, 0.2) is 48.1 Å². The van der Waals surface area contributed by atoms with E-state index in [2.05, 4.69) is 32.3 Å². The lowest BCUT2D eigenvalue weighted by atomic mass is 9.82. The summed E-state index contributed by atoms with van der Waals surface area (Å²) in [5.74, 6) is -7.21. The third kappa shape index (κ3) is 9.51. The highest BCUT2D eigenvalue weighted by atomic mass is 35.5. The Morgan fingerprint density at radius 3 is 2.27 bits per heavy atom. The van der Waals surface area contributed by atoms with Crippen LogP contribution in [0, 0.1) is 29.6 Å². The molecule has 0 spiro atoms. The first kappa shape index (κ1) is 49.7. The standard InChI is InChI=1S/C42H40ClF10N7O5S2/c1-7-60(67(6,64)65)38-33-28(43)11-10-25(35(33)59(57-38)19-40(46,47)48)24-9-8-23(12-13-39(3,4)66(5,62)63)54-34(24)30(15-21-14-22(44)16-29(45)20(21)2)55-31(61)18-58-37-32(36(56-58)42(51,52)53)26-17-27(26)41(37,49)50/h8-11,14,16,20-21,26-27,30H,7,15,17-19H2,1-6H3,(H,55,61)/t20?,21?,26-,27+,30-/m0/s1. The number of nitrogens with one attached hydrogen (secondary N) is 1. The van der Waals surface area contributed by atoms with E-state index < -0.39 is 138 Å². The number of hydrogen-bond donors (Lipinski definition) is 1. The molecule has 25 heteroatoms. The van der Waals surface area contributed by atoms with E-state index in [-0.39, 0.29) is 50.6 Å². The van der Waals surface area contributed by atoms with E-state index in [4.69, 9.17) is 11.6 Å². The number of allylic oxidation sites excluding steroid dienone is 4. The van der Waals surface area contributed by atoms with Crippen molar-refractivity contribution in [2.24, 2.45) is 17.8 Å². The second kappa shape index (κ2) is 16.8. The van der Waals surface area contributed by atoms with Gasteiger partial charge in [0.2, 0.25) is 15.9 Å². The van der Waals surface area contributed by atoms with Gasteiger partial charge >= 0.3 is 12.4 Å². The Labute approximate surface area is 382 Å². The van der Waals surface area contributed by atoms with Crippen molar-refractivity contribution in [2.75, 3.05) is 23.4 Å². The predicted octanol–water partition coefficient (Wildman–Crippen LogP) is 8.92. The van der Waals surface area contributed by atoms with Gasteiger partial charge in [0.15, 0.2) is 21.3 Å². The summed E-state index contributed by atoms with van der Waals surface area (Å²) in [6.07, 6.45) is -7.60. The quantitative estimate of drug-likeness (QED) is 0.109. The molecule has 0 bridgehead atoms. The smallest absolute Gasteiger partial charge is 0.346 e. The summed E-state index contributed by atoms with van der Waals surface area (Å²) in [6.45, 7) is 1.95. The molecule has 2 unspecified atom stereocenters. The number of sulfonamides is 1. The molecule has 0 saturated heterocycles. The van der Waals surface area contributed by atoms with E-state index in [1.165, 1.54) is 52.0 Å². The Kier molecular flexibility index (Phi) is 12.5. The summed E-state index contributed by atoms with van der Waals surface area (Å²) in [4.78, 5) is 18.8. The van der Waals surface area contributed by atoms with Crippen molar-refractivity contribution < 1.29 is 65.5 Å². The van der Waals surface area contributed by atoms with Gasteiger partial charge in [0.1, 0.15) is 40.9 Å². The zero-order chi connectivity index (χ0) is 49.7. The highest BCUT2D eigenvalue weighted by molar-refractivity contribution is 7.92. The number of fused-ring (bicyclic) bond motifs is 4. The molecule has 0 radical (unpaired) electrons. The molecule has 3 aliphatic rings. The maximum Gasteiger partial charge on any atom is 0.435 e. The average molecular weight is 1010 g/mol. The van der Waals surface area contributed by atoms with Gasteiger partial charge in [0.25, 0.3) is 5.92 Å². The molecule has 67 heavy (non-hydrogen) atoms. The van der Waals surface area contributed by atoms with E-state index >= 15 is 13.2 Å². The minimum absolute atomic E-state index is 0.160. The Bertz CT molecular complexity index is 3060. The van der Waals surface area contributed by atoms with Gasteiger partial charge < -0.3 is 5.32 Å². The molecule has 1 amide bonds. The largest absolute Gasteiger partial charge is 0.435 e. The van der Waals surface area contributed by atoms with Gasteiger partial charge in [-0.05, 0) is 75.6 Å². The molecule has 12 nitrogen and oxygen atoms in total. The number of alkyl halides is 8. The van der Waals surface area contributed by atoms with Crippen LogP contribution in [0.25, 0.3) is 22.0 Å². The number of nitrogens with zero attached hydrogens (tertiary/aromatic N) is 6. The van der Waals surface area contributed by atoms with Crippen LogP contribution in [-0.4, -0.2) is 77.3 Å². The Morgan fingerprint density at radius 2 is 1.67 bits per heavy atom. The first-order chi connectivity index (χ1) is 30.7. The molecule has 3 aliphatic carbocycles. The van der Waals surface area contributed by atoms with E-state index in [9.17, 15) is 52.4 Å². The molecule has 3 heterocycles. The summed E-state index contributed by atoms with van der Waals surface area (Å²) in [5.41, 5.74) is -4.75. The Hall–Kier alpha value is -5.15. The van der Waals surface area contributed by atoms with Crippen LogP contribution in [0.5, 0.6) is 0 Å². The number of rotatable bonds is 12. The molecule has 7 rings (SSSR count). The molecular weight excluding hydrogens is 972 g/mol. The number of halogens is 11. The summed E-state index contributed by atoms with van der Waals surface area (Å²) in [7, 11) is -8.07. The van der Waals surface area contributed by atoms with E-state index in [0.717, 1.165) is 18.6 Å². The fraction of sp³-hybridized carbons (Fsp3) is 0.476. The number of sulfone groups is 1. The van der Waals surface area contributed by atoms with Crippen molar-refractivity contribution in [1.82, 2.24) is 29.9 Å². The zero-order valence-corrected chi connectivity index (χ0v) is 38.5.